The number of nitrogens with two attached hydrogens (primary N) is 1. The number of aromatic nitrogens is 2. The molecule has 0 aliphatic carbocycles. The van der Waals surface area contributed by atoms with Crippen LogP contribution < -0.4 is 16.6 Å². The fraction of sp³-hybridized carbons (Fsp3) is 0.538. The van der Waals surface area contributed by atoms with Crippen molar-refractivity contribution in [3.05, 3.63) is 10.9 Å². The van der Waals surface area contributed by atoms with Crippen LogP contribution >= 0.6 is 11.3 Å². The molecule has 5 N–H and O–H groups in total. The molecule has 110 valence electrons. The van der Waals surface area contributed by atoms with Crippen molar-refractivity contribution in [3.63, 3.8) is 0 Å². The van der Waals surface area contributed by atoms with Gasteiger partial charge < -0.3 is 10.4 Å². The van der Waals surface area contributed by atoms with Crippen molar-refractivity contribution in [2.75, 3.05) is 17.3 Å². The normalized spacial score (nSPS) is 11.8. The Morgan fingerprint density at radius 3 is 2.60 bits per heavy atom. The minimum atomic E-state index is -0.372. The molecule has 2 heterocycles. The molecule has 2 aromatic rings. The summed E-state index contributed by atoms with van der Waals surface area (Å²) in [5.41, 5.74) is 2.12. The first-order valence-electron chi connectivity index (χ1n) is 6.71. The van der Waals surface area contributed by atoms with Gasteiger partial charge in [-0.05, 0) is 25.8 Å². The van der Waals surface area contributed by atoms with Gasteiger partial charge in [0, 0.05) is 4.88 Å². The molecule has 0 unspecified atom stereocenters. The first kappa shape index (κ1) is 15.0. The van der Waals surface area contributed by atoms with Crippen molar-refractivity contribution in [3.8, 4) is 0 Å². The Balaban J connectivity index is 2.51. The molecule has 0 amide bonds. The molecular formula is C13H21N5OS. The second-order valence-corrected chi connectivity index (χ2v) is 6.12. The summed E-state index contributed by atoms with van der Waals surface area (Å²) in [6.07, 6.45) is 1.61. The highest BCUT2D eigenvalue weighted by Gasteiger charge is 2.26. The number of nitrogen functional groups attached to an aromatic ring is 1. The van der Waals surface area contributed by atoms with E-state index < -0.39 is 0 Å². The summed E-state index contributed by atoms with van der Waals surface area (Å²) < 4.78 is 0. The van der Waals surface area contributed by atoms with E-state index in [0.717, 1.165) is 27.9 Å². The van der Waals surface area contributed by atoms with Gasteiger partial charge in [0.25, 0.3) is 0 Å². The van der Waals surface area contributed by atoms with Gasteiger partial charge in [0.2, 0.25) is 5.95 Å². The third-order valence-electron chi connectivity index (χ3n) is 3.68. The highest BCUT2D eigenvalue weighted by Crippen LogP contribution is 2.32. The number of hydrazine groups is 1. The molecule has 0 aliphatic heterocycles. The highest BCUT2D eigenvalue weighted by molar-refractivity contribution is 7.18. The van der Waals surface area contributed by atoms with Crippen molar-refractivity contribution < 1.29 is 5.11 Å². The molecule has 6 nitrogen and oxygen atoms in total. The standard InChI is InChI=1S/C13H21N5OS/c1-4-13(5-2,7-19)17-10-9-6-8(3)20-11(9)16-12(15-10)18-14/h6,19H,4-5,7,14H2,1-3H3,(H2,15,16,17,18). The maximum atomic E-state index is 9.70. The van der Waals surface area contributed by atoms with Crippen LogP contribution in [0.4, 0.5) is 11.8 Å². The molecular weight excluding hydrogens is 274 g/mol. The quantitative estimate of drug-likeness (QED) is 0.482. The summed E-state index contributed by atoms with van der Waals surface area (Å²) in [5.74, 6) is 6.52. The molecule has 0 bridgehead atoms. The van der Waals surface area contributed by atoms with Gasteiger partial charge in [0.05, 0.1) is 17.5 Å². The predicted octanol–water partition coefficient (Wildman–Crippen LogP) is 2.25. The Kier molecular flexibility index (Phi) is 4.42. The lowest BCUT2D eigenvalue weighted by molar-refractivity contribution is 0.202. The third-order valence-corrected chi connectivity index (χ3v) is 4.63. The lowest BCUT2D eigenvalue weighted by atomic mass is 9.94. The van der Waals surface area contributed by atoms with Crippen molar-refractivity contribution in [2.45, 2.75) is 39.2 Å². The number of aryl methyl sites for hydroxylation is 1. The topological polar surface area (TPSA) is 96.1 Å². The lowest BCUT2D eigenvalue weighted by Crippen LogP contribution is -2.41. The first-order chi connectivity index (χ1) is 9.57. The number of aliphatic hydroxyl groups excluding tert-OH is 1. The second kappa shape index (κ2) is 5.90. The van der Waals surface area contributed by atoms with Crippen molar-refractivity contribution >= 4 is 33.3 Å². The smallest absolute Gasteiger partial charge is 0.240 e. The average molecular weight is 295 g/mol. The number of fused-ring (bicyclic) bond motifs is 1. The van der Waals surface area contributed by atoms with Crippen molar-refractivity contribution in [1.29, 1.82) is 0 Å². The third kappa shape index (κ3) is 2.70. The zero-order valence-corrected chi connectivity index (χ0v) is 12.8. The minimum Gasteiger partial charge on any atom is -0.394 e. The summed E-state index contributed by atoms with van der Waals surface area (Å²) in [7, 11) is 0. The minimum absolute atomic E-state index is 0.0556. The Labute approximate surface area is 122 Å². The summed E-state index contributed by atoms with van der Waals surface area (Å²) in [6.45, 7) is 6.18. The fourth-order valence-corrected chi connectivity index (χ4v) is 3.02. The Morgan fingerprint density at radius 2 is 2.05 bits per heavy atom. The van der Waals surface area contributed by atoms with Crippen LogP contribution in [0.5, 0.6) is 0 Å². The van der Waals surface area contributed by atoms with E-state index in [1.54, 1.807) is 11.3 Å². The average Bonchev–Trinajstić information content (AvgIpc) is 2.85. The molecule has 7 heteroatoms. The highest BCUT2D eigenvalue weighted by atomic mass is 32.1. The maximum absolute atomic E-state index is 9.70. The number of hydrogen-bond donors (Lipinski definition) is 4. The van der Waals surface area contributed by atoms with E-state index in [1.165, 1.54) is 0 Å². The summed E-state index contributed by atoms with van der Waals surface area (Å²) in [4.78, 5) is 10.8. The van der Waals surface area contributed by atoms with Crippen LogP contribution in [0.1, 0.15) is 31.6 Å². The Bertz CT molecular complexity index is 585. The monoisotopic (exact) mass is 295 g/mol. The van der Waals surface area contributed by atoms with Gasteiger partial charge in [-0.25, -0.2) is 10.8 Å². The molecule has 0 aliphatic rings. The van der Waals surface area contributed by atoms with E-state index in [2.05, 4.69) is 26.8 Å². The van der Waals surface area contributed by atoms with Crippen molar-refractivity contribution in [1.82, 2.24) is 9.97 Å². The predicted molar refractivity (Wildman–Crippen MR) is 84.0 cm³/mol. The van der Waals surface area contributed by atoms with Crippen LogP contribution in [-0.2, 0) is 0 Å². The SMILES string of the molecule is CCC(CC)(CO)Nc1nc(NN)nc2sc(C)cc12. The number of thiophene rings is 1. The number of anilines is 2. The zero-order valence-electron chi connectivity index (χ0n) is 12.0. The number of aliphatic hydroxyl groups is 1. The molecule has 0 atom stereocenters. The van der Waals surface area contributed by atoms with Crippen LogP contribution in [0.15, 0.2) is 6.07 Å². The van der Waals surface area contributed by atoms with Crippen LogP contribution in [0.2, 0.25) is 0 Å². The molecule has 0 radical (unpaired) electrons. The van der Waals surface area contributed by atoms with Crippen LogP contribution in [0.25, 0.3) is 10.2 Å². The maximum Gasteiger partial charge on any atom is 0.240 e. The fourth-order valence-electron chi connectivity index (χ4n) is 2.14. The van der Waals surface area contributed by atoms with E-state index in [9.17, 15) is 5.11 Å². The summed E-state index contributed by atoms with van der Waals surface area (Å²) in [6, 6.07) is 2.05. The van der Waals surface area contributed by atoms with Gasteiger partial charge in [0.15, 0.2) is 0 Å². The second-order valence-electron chi connectivity index (χ2n) is 4.89. The molecule has 0 aromatic carbocycles. The zero-order chi connectivity index (χ0) is 14.8. The Morgan fingerprint density at radius 1 is 1.35 bits per heavy atom. The molecule has 20 heavy (non-hydrogen) atoms. The molecule has 2 rings (SSSR count). The van der Waals surface area contributed by atoms with E-state index in [1.807, 2.05) is 20.8 Å². The van der Waals surface area contributed by atoms with E-state index in [0.29, 0.717) is 11.8 Å². The molecule has 0 fully saturated rings. The van der Waals surface area contributed by atoms with Gasteiger partial charge >= 0.3 is 0 Å². The largest absolute Gasteiger partial charge is 0.394 e. The number of hydrogen-bond acceptors (Lipinski definition) is 7. The van der Waals surface area contributed by atoms with Gasteiger partial charge in [0.1, 0.15) is 10.6 Å². The molecule has 0 saturated carbocycles. The van der Waals surface area contributed by atoms with Gasteiger partial charge in [-0.3, -0.25) is 5.43 Å². The van der Waals surface area contributed by atoms with E-state index in [4.69, 9.17) is 5.84 Å². The first-order valence-corrected chi connectivity index (χ1v) is 7.53. The number of rotatable bonds is 6. The van der Waals surface area contributed by atoms with Crippen LogP contribution in [0, 0.1) is 6.92 Å². The van der Waals surface area contributed by atoms with Gasteiger partial charge in [-0.1, -0.05) is 13.8 Å². The number of nitrogens with zero attached hydrogens (tertiary/aromatic N) is 2. The lowest BCUT2D eigenvalue weighted by Gasteiger charge is -2.31. The van der Waals surface area contributed by atoms with Crippen LogP contribution in [-0.4, -0.2) is 27.2 Å². The van der Waals surface area contributed by atoms with Gasteiger partial charge in [-0.2, -0.15) is 4.98 Å². The Hall–Kier alpha value is -1.44. The van der Waals surface area contributed by atoms with E-state index in [-0.39, 0.29) is 12.1 Å². The van der Waals surface area contributed by atoms with Crippen LogP contribution in [0.3, 0.4) is 0 Å². The van der Waals surface area contributed by atoms with Crippen molar-refractivity contribution in [2.24, 2.45) is 5.84 Å². The van der Waals surface area contributed by atoms with Gasteiger partial charge in [-0.15, -0.1) is 11.3 Å². The molecule has 0 spiro atoms. The summed E-state index contributed by atoms with van der Waals surface area (Å²) >= 11 is 1.60. The van der Waals surface area contributed by atoms with E-state index >= 15 is 0 Å². The number of nitrogens with one attached hydrogen (secondary N) is 2. The summed E-state index contributed by atoms with van der Waals surface area (Å²) in [5, 5.41) is 14.0. The molecule has 2 aromatic heterocycles. The molecule has 0 saturated heterocycles.